The summed E-state index contributed by atoms with van der Waals surface area (Å²) in [4.78, 5) is 24.4. The molecular formula is C23H32N2O2. The van der Waals surface area contributed by atoms with Gasteiger partial charge in [-0.25, -0.2) is 0 Å². The van der Waals surface area contributed by atoms with Gasteiger partial charge >= 0.3 is 0 Å². The van der Waals surface area contributed by atoms with Crippen LogP contribution in [0.5, 0.6) is 0 Å². The highest BCUT2D eigenvalue weighted by molar-refractivity contribution is 5.96. The van der Waals surface area contributed by atoms with Gasteiger partial charge in [0.25, 0.3) is 5.91 Å². The summed E-state index contributed by atoms with van der Waals surface area (Å²) in [5.74, 6) is 2.57. The van der Waals surface area contributed by atoms with E-state index in [-0.39, 0.29) is 18.4 Å². The average molecular weight is 369 g/mol. The maximum absolute atomic E-state index is 12.2. The lowest BCUT2D eigenvalue weighted by Crippen LogP contribution is -2.47. The molecule has 4 bridgehead atoms. The first-order chi connectivity index (χ1) is 12.9. The SMILES string of the molecule is Cc1ccc(C(=O)NCC(=O)NCCC23CC4CC(CC(C4)C2)C3)cc1C. The Labute approximate surface area is 162 Å². The maximum atomic E-state index is 12.2. The number of hydrogen-bond donors (Lipinski definition) is 2. The lowest BCUT2D eigenvalue weighted by Gasteiger charge is -2.57. The van der Waals surface area contributed by atoms with E-state index in [0.717, 1.165) is 41.8 Å². The van der Waals surface area contributed by atoms with Gasteiger partial charge in [0, 0.05) is 12.1 Å². The van der Waals surface area contributed by atoms with Gasteiger partial charge in [0.1, 0.15) is 0 Å². The van der Waals surface area contributed by atoms with Gasteiger partial charge in [0.05, 0.1) is 6.54 Å². The van der Waals surface area contributed by atoms with E-state index in [4.69, 9.17) is 0 Å². The number of hydrogen-bond acceptors (Lipinski definition) is 2. The molecule has 2 amide bonds. The molecule has 27 heavy (non-hydrogen) atoms. The molecule has 5 rings (SSSR count). The third kappa shape index (κ3) is 4.04. The zero-order chi connectivity index (χ0) is 19.0. The van der Waals surface area contributed by atoms with E-state index >= 15 is 0 Å². The number of benzene rings is 1. The van der Waals surface area contributed by atoms with E-state index in [1.807, 2.05) is 32.0 Å². The molecule has 0 aliphatic heterocycles. The number of aryl methyl sites for hydroxylation is 2. The Hall–Kier alpha value is -1.84. The van der Waals surface area contributed by atoms with Crippen LogP contribution >= 0.6 is 0 Å². The topological polar surface area (TPSA) is 58.2 Å². The van der Waals surface area contributed by atoms with Crippen LogP contribution in [-0.2, 0) is 4.79 Å². The van der Waals surface area contributed by atoms with Crippen LogP contribution in [0.25, 0.3) is 0 Å². The normalized spacial score (nSPS) is 31.0. The molecule has 2 N–H and O–H groups in total. The Morgan fingerprint density at radius 1 is 0.963 bits per heavy atom. The van der Waals surface area contributed by atoms with Crippen molar-refractivity contribution in [2.75, 3.05) is 13.1 Å². The lowest BCUT2D eigenvalue weighted by molar-refractivity contribution is -0.120. The van der Waals surface area contributed by atoms with Gasteiger partial charge in [-0.05, 0) is 105 Å². The Bertz CT molecular complexity index is 705. The summed E-state index contributed by atoms with van der Waals surface area (Å²) in [6.45, 7) is 4.80. The predicted octanol–water partition coefficient (Wildman–Crippen LogP) is 3.76. The summed E-state index contributed by atoms with van der Waals surface area (Å²) < 4.78 is 0. The lowest BCUT2D eigenvalue weighted by atomic mass is 9.49. The van der Waals surface area contributed by atoms with E-state index in [0.29, 0.717) is 11.0 Å². The van der Waals surface area contributed by atoms with Crippen LogP contribution < -0.4 is 10.6 Å². The van der Waals surface area contributed by atoms with Crippen molar-refractivity contribution in [1.29, 1.82) is 0 Å². The number of rotatable bonds is 6. The van der Waals surface area contributed by atoms with Crippen molar-refractivity contribution in [1.82, 2.24) is 10.6 Å². The Morgan fingerprint density at radius 2 is 1.59 bits per heavy atom. The van der Waals surface area contributed by atoms with Crippen molar-refractivity contribution in [3.8, 4) is 0 Å². The third-order valence-electron chi connectivity index (χ3n) is 7.32. The van der Waals surface area contributed by atoms with E-state index < -0.39 is 0 Å². The van der Waals surface area contributed by atoms with Crippen molar-refractivity contribution in [3.05, 3.63) is 34.9 Å². The molecule has 0 aromatic heterocycles. The number of carbonyl (C=O) groups excluding carboxylic acids is 2. The highest BCUT2D eigenvalue weighted by atomic mass is 16.2. The molecule has 4 saturated carbocycles. The molecular weight excluding hydrogens is 336 g/mol. The summed E-state index contributed by atoms with van der Waals surface area (Å²) in [5, 5.41) is 5.77. The number of nitrogens with one attached hydrogen (secondary N) is 2. The fraction of sp³-hybridized carbons (Fsp3) is 0.652. The second-order valence-corrected chi connectivity index (χ2v) is 9.50. The predicted molar refractivity (Wildman–Crippen MR) is 106 cm³/mol. The zero-order valence-electron chi connectivity index (χ0n) is 16.6. The molecule has 0 unspecified atom stereocenters. The monoisotopic (exact) mass is 368 g/mol. The quantitative estimate of drug-likeness (QED) is 0.803. The summed E-state index contributed by atoms with van der Waals surface area (Å²) in [5.41, 5.74) is 3.35. The minimum atomic E-state index is -0.186. The highest BCUT2D eigenvalue weighted by Crippen LogP contribution is 2.61. The number of amides is 2. The molecule has 4 fully saturated rings. The van der Waals surface area contributed by atoms with Crippen molar-refractivity contribution >= 4 is 11.8 Å². The molecule has 1 aromatic carbocycles. The third-order valence-corrected chi connectivity index (χ3v) is 7.32. The van der Waals surface area contributed by atoms with Crippen LogP contribution in [0.2, 0.25) is 0 Å². The fourth-order valence-corrected chi connectivity index (χ4v) is 6.27. The van der Waals surface area contributed by atoms with Crippen LogP contribution in [0.15, 0.2) is 18.2 Å². The van der Waals surface area contributed by atoms with Crippen molar-refractivity contribution in [3.63, 3.8) is 0 Å². The first-order valence-corrected chi connectivity index (χ1v) is 10.5. The van der Waals surface area contributed by atoms with E-state index in [9.17, 15) is 9.59 Å². The largest absolute Gasteiger partial charge is 0.355 e. The van der Waals surface area contributed by atoms with Gasteiger partial charge in [0.15, 0.2) is 0 Å². The van der Waals surface area contributed by atoms with E-state index in [1.165, 1.54) is 38.5 Å². The minimum absolute atomic E-state index is 0.0482. The number of carbonyl (C=O) groups is 2. The van der Waals surface area contributed by atoms with Gasteiger partial charge in [-0.3, -0.25) is 9.59 Å². The molecule has 4 nitrogen and oxygen atoms in total. The molecule has 1 aromatic rings. The van der Waals surface area contributed by atoms with Crippen LogP contribution in [0, 0.1) is 37.0 Å². The van der Waals surface area contributed by atoms with Crippen LogP contribution in [0.3, 0.4) is 0 Å². The van der Waals surface area contributed by atoms with Gasteiger partial charge in [-0.2, -0.15) is 0 Å². The zero-order valence-corrected chi connectivity index (χ0v) is 16.6. The molecule has 0 spiro atoms. The van der Waals surface area contributed by atoms with Crippen molar-refractivity contribution < 1.29 is 9.59 Å². The van der Waals surface area contributed by atoms with Crippen LogP contribution in [0.4, 0.5) is 0 Å². The van der Waals surface area contributed by atoms with E-state index in [1.54, 1.807) is 0 Å². The van der Waals surface area contributed by atoms with Gasteiger partial charge < -0.3 is 10.6 Å². The van der Waals surface area contributed by atoms with Crippen molar-refractivity contribution in [2.45, 2.75) is 58.8 Å². The Balaban J connectivity index is 1.21. The standard InChI is InChI=1S/C23H32N2O2/c1-15-3-4-20(7-16(15)2)22(27)25-14-21(26)24-6-5-23-11-17-8-18(12-23)10-19(9-17)13-23/h3-4,7,17-19H,5-6,8-14H2,1-2H3,(H,24,26)(H,25,27). The second-order valence-electron chi connectivity index (χ2n) is 9.50. The van der Waals surface area contributed by atoms with Crippen LogP contribution in [-0.4, -0.2) is 24.9 Å². The molecule has 0 heterocycles. The summed E-state index contributed by atoms with van der Waals surface area (Å²) >= 11 is 0. The molecule has 4 aliphatic carbocycles. The molecule has 146 valence electrons. The summed E-state index contributed by atoms with van der Waals surface area (Å²) in [7, 11) is 0. The fourth-order valence-electron chi connectivity index (χ4n) is 6.27. The first-order valence-electron chi connectivity index (χ1n) is 10.5. The van der Waals surface area contributed by atoms with Gasteiger partial charge in [-0.15, -0.1) is 0 Å². The van der Waals surface area contributed by atoms with Crippen LogP contribution in [0.1, 0.15) is 66.4 Å². The average Bonchev–Trinajstić information content (AvgIpc) is 2.60. The second kappa shape index (κ2) is 7.29. The smallest absolute Gasteiger partial charge is 0.251 e. The van der Waals surface area contributed by atoms with E-state index in [2.05, 4.69) is 10.6 Å². The molecule has 0 saturated heterocycles. The molecule has 0 radical (unpaired) electrons. The Kier molecular flexibility index (Phi) is 5.00. The Morgan fingerprint density at radius 3 is 2.19 bits per heavy atom. The summed E-state index contributed by atoms with van der Waals surface area (Å²) in [6.07, 6.45) is 9.59. The highest BCUT2D eigenvalue weighted by Gasteiger charge is 2.50. The molecule has 4 heteroatoms. The first kappa shape index (κ1) is 18.5. The minimum Gasteiger partial charge on any atom is -0.355 e. The van der Waals surface area contributed by atoms with Crippen molar-refractivity contribution in [2.24, 2.45) is 23.2 Å². The van der Waals surface area contributed by atoms with Gasteiger partial charge in [0.2, 0.25) is 5.91 Å². The molecule has 4 aliphatic rings. The van der Waals surface area contributed by atoms with Gasteiger partial charge in [-0.1, -0.05) is 6.07 Å². The maximum Gasteiger partial charge on any atom is 0.251 e. The summed E-state index contributed by atoms with van der Waals surface area (Å²) in [6, 6.07) is 5.62. The molecule has 0 atom stereocenters.